The predicted molar refractivity (Wildman–Crippen MR) is 69.8 cm³/mol. The van der Waals surface area contributed by atoms with Crippen molar-refractivity contribution in [2.24, 2.45) is 0 Å². The second-order valence-electron chi connectivity index (χ2n) is 4.02. The number of carbonyl (C=O) groups is 1. The molecule has 2 rings (SSSR count). The summed E-state index contributed by atoms with van der Waals surface area (Å²) in [5.41, 5.74) is 0.131. The second-order valence-corrected chi connectivity index (χ2v) is 4.02. The smallest absolute Gasteiger partial charge is 0.478 e. The molecule has 0 aromatic heterocycles. The van der Waals surface area contributed by atoms with Crippen molar-refractivity contribution in [1.29, 1.82) is 0 Å². The number of alkyl halides is 3. The summed E-state index contributed by atoms with van der Waals surface area (Å²) in [7, 11) is 0. The first kappa shape index (κ1) is 14.7. The lowest BCUT2D eigenvalue weighted by Crippen LogP contribution is -2.18. The van der Waals surface area contributed by atoms with E-state index in [4.69, 9.17) is 5.11 Å². The summed E-state index contributed by atoms with van der Waals surface area (Å²) in [6.45, 7) is 0. The van der Waals surface area contributed by atoms with Crippen LogP contribution < -0.4 is 10.1 Å². The lowest BCUT2D eigenvalue weighted by atomic mass is 10.1. The van der Waals surface area contributed by atoms with E-state index in [0.717, 1.165) is 6.07 Å². The van der Waals surface area contributed by atoms with Crippen LogP contribution in [0.25, 0.3) is 0 Å². The molecule has 0 heterocycles. The third kappa shape index (κ3) is 3.88. The molecule has 0 aliphatic rings. The minimum absolute atomic E-state index is 0.0172. The molecule has 0 spiro atoms. The summed E-state index contributed by atoms with van der Waals surface area (Å²) >= 11 is 0. The molecule has 0 bridgehead atoms. The van der Waals surface area contributed by atoms with Crippen LogP contribution in [0.4, 0.5) is 24.5 Å². The van der Waals surface area contributed by atoms with Gasteiger partial charge in [-0.05, 0) is 24.3 Å². The zero-order chi connectivity index (χ0) is 15.5. The molecule has 0 aliphatic carbocycles. The third-order valence-corrected chi connectivity index (χ3v) is 2.54. The summed E-state index contributed by atoms with van der Waals surface area (Å²) in [5.74, 6) is -1.63. The van der Waals surface area contributed by atoms with Gasteiger partial charge in [-0.1, -0.05) is 24.3 Å². The summed E-state index contributed by atoms with van der Waals surface area (Å²) in [6.07, 6.45) is -4.83. The van der Waals surface area contributed by atoms with Gasteiger partial charge in [0, 0.05) is 0 Å². The van der Waals surface area contributed by atoms with Crippen LogP contribution in [-0.4, -0.2) is 17.4 Å². The topological polar surface area (TPSA) is 58.6 Å². The highest BCUT2D eigenvalue weighted by Crippen LogP contribution is 2.32. The fourth-order valence-corrected chi connectivity index (χ4v) is 1.71. The van der Waals surface area contributed by atoms with Crippen molar-refractivity contribution in [3.05, 3.63) is 54.1 Å². The van der Waals surface area contributed by atoms with Gasteiger partial charge < -0.3 is 15.2 Å². The molecule has 0 atom stereocenters. The average molecular weight is 297 g/mol. The number of nitrogens with one attached hydrogen (secondary N) is 1. The van der Waals surface area contributed by atoms with Gasteiger partial charge in [0.15, 0.2) is 5.75 Å². The van der Waals surface area contributed by atoms with Crippen LogP contribution in [0.5, 0.6) is 5.75 Å². The highest BCUT2D eigenvalue weighted by molar-refractivity contribution is 5.95. The number of halogens is 3. The Labute approximate surface area is 117 Å². The number of carboxylic acid groups (broad SMARTS) is 1. The molecule has 21 heavy (non-hydrogen) atoms. The van der Waals surface area contributed by atoms with E-state index in [1.807, 2.05) is 0 Å². The first-order valence-electron chi connectivity index (χ1n) is 5.81. The summed E-state index contributed by atoms with van der Waals surface area (Å²) in [6, 6.07) is 11.3. The van der Waals surface area contributed by atoms with E-state index in [0.29, 0.717) is 0 Å². The molecule has 0 fully saturated rings. The molecule has 0 aliphatic heterocycles. The molecule has 110 valence electrons. The molecule has 2 aromatic rings. The van der Waals surface area contributed by atoms with Crippen molar-refractivity contribution < 1.29 is 27.8 Å². The van der Waals surface area contributed by atoms with Crippen LogP contribution in [-0.2, 0) is 0 Å². The molecule has 0 saturated carbocycles. The van der Waals surface area contributed by atoms with Crippen molar-refractivity contribution >= 4 is 17.3 Å². The number of carboxylic acids is 1. The highest BCUT2D eigenvalue weighted by atomic mass is 19.4. The van der Waals surface area contributed by atoms with Crippen molar-refractivity contribution in [2.75, 3.05) is 5.32 Å². The van der Waals surface area contributed by atoms with Crippen LogP contribution in [0.2, 0.25) is 0 Å². The minimum Gasteiger partial charge on any atom is -0.478 e. The number of aromatic carboxylic acids is 1. The van der Waals surface area contributed by atoms with Gasteiger partial charge in [-0.2, -0.15) is 0 Å². The Morgan fingerprint density at radius 2 is 1.57 bits per heavy atom. The number of para-hydroxylation sites is 3. The predicted octanol–water partition coefficient (Wildman–Crippen LogP) is 4.03. The first-order chi connectivity index (χ1) is 9.87. The minimum atomic E-state index is -4.83. The van der Waals surface area contributed by atoms with Gasteiger partial charge in [-0.15, -0.1) is 13.2 Å². The van der Waals surface area contributed by atoms with E-state index in [1.165, 1.54) is 36.4 Å². The number of benzene rings is 2. The van der Waals surface area contributed by atoms with Crippen LogP contribution in [0, 0.1) is 0 Å². The van der Waals surface area contributed by atoms with Crippen molar-refractivity contribution in [1.82, 2.24) is 0 Å². The lowest BCUT2D eigenvalue weighted by Gasteiger charge is -2.15. The molecule has 0 saturated heterocycles. The number of hydrogen-bond acceptors (Lipinski definition) is 3. The maximum absolute atomic E-state index is 12.3. The quantitative estimate of drug-likeness (QED) is 0.894. The largest absolute Gasteiger partial charge is 0.573 e. The fraction of sp³-hybridized carbons (Fsp3) is 0.0714. The zero-order valence-corrected chi connectivity index (χ0v) is 10.5. The molecule has 4 nitrogen and oxygen atoms in total. The number of anilines is 2. The molecule has 0 radical (unpaired) electrons. The van der Waals surface area contributed by atoms with E-state index < -0.39 is 18.1 Å². The monoisotopic (exact) mass is 297 g/mol. The molecule has 7 heteroatoms. The number of ether oxygens (including phenoxy) is 1. The van der Waals surface area contributed by atoms with Gasteiger partial charge in [-0.3, -0.25) is 0 Å². The van der Waals surface area contributed by atoms with Crippen LogP contribution >= 0.6 is 0 Å². The Hall–Kier alpha value is -2.70. The van der Waals surface area contributed by atoms with Gasteiger partial charge in [0.2, 0.25) is 0 Å². The van der Waals surface area contributed by atoms with Crippen LogP contribution in [0.3, 0.4) is 0 Å². The van der Waals surface area contributed by atoms with E-state index in [2.05, 4.69) is 10.1 Å². The number of rotatable bonds is 4. The van der Waals surface area contributed by atoms with Gasteiger partial charge >= 0.3 is 12.3 Å². The Balaban J connectivity index is 2.35. The van der Waals surface area contributed by atoms with Gasteiger partial charge in [0.25, 0.3) is 0 Å². The van der Waals surface area contributed by atoms with Crippen LogP contribution in [0.1, 0.15) is 10.4 Å². The first-order valence-corrected chi connectivity index (χ1v) is 5.81. The standard InChI is InChI=1S/C14H10F3NO3/c15-14(16,17)21-12-8-4-3-7-11(12)18-10-6-2-1-5-9(10)13(19)20/h1-8,18H,(H,19,20). The van der Waals surface area contributed by atoms with Gasteiger partial charge in [0.1, 0.15) is 0 Å². The van der Waals surface area contributed by atoms with E-state index >= 15 is 0 Å². The Morgan fingerprint density at radius 1 is 1.00 bits per heavy atom. The van der Waals surface area contributed by atoms with Gasteiger partial charge in [0.05, 0.1) is 16.9 Å². The maximum Gasteiger partial charge on any atom is 0.573 e. The average Bonchev–Trinajstić information content (AvgIpc) is 2.40. The highest BCUT2D eigenvalue weighted by Gasteiger charge is 2.32. The van der Waals surface area contributed by atoms with E-state index in [1.54, 1.807) is 6.07 Å². The maximum atomic E-state index is 12.3. The molecule has 0 amide bonds. The zero-order valence-electron chi connectivity index (χ0n) is 10.5. The Bertz CT molecular complexity index is 656. The Kier molecular flexibility index (Phi) is 4.02. The van der Waals surface area contributed by atoms with Crippen molar-refractivity contribution in [2.45, 2.75) is 6.36 Å². The van der Waals surface area contributed by atoms with E-state index in [9.17, 15) is 18.0 Å². The van der Waals surface area contributed by atoms with Crippen molar-refractivity contribution in [3.8, 4) is 5.75 Å². The van der Waals surface area contributed by atoms with Crippen molar-refractivity contribution in [3.63, 3.8) is 0 Å². The third-order valence-electron chi connectivity index (χ3n) is 2.54. The number of hydrogen-bond donors (Lipinski definition) is 2. The van der Waals surface area contributed by atoms with E-state index in [-0.39, 0.29) is 16.9 Å². The fourth-order valence-electron chi connectivity index (χ4n) is 1.71. The molecular formula is C14H10F3NO3. The Morgan fingerprint density at radius 3 is 2.19 bits per heavy atom. The molecule has 0 unspecified atom stereocenters. The summed E-state index contributed by atoms with van der Waals surface area (Å²) in [5, 5.41) is 11.7. The molecule has 2 aromatic carbocycles. The second kappa shape index (κ2) is 5.74. The lowest BCUT2D eigenvalue weighted by molar-refractivity contribution is -0.274. The summed E-state index contributed by atoms with van der Waals surface area (Å²) in [4.78, 5) is 11.1. The van der Waals surface area contributed by atoms with Gasteiger partial charge in [-0.25, -0.2) is 4.79 Å². The SMILES string of the molecule is O=C(O)c1ccccc1Nc1ccccc1OC(F)(F)F. The van der Waals surface area contributed by atoms with Crippen LogP contribution in [0.15, 0.2) is 48.5 Å². The summed E-state index contributed by atoms with van der Waals surface area (Å²) < 4.78 is 40.9. The molecule has 2 N–H and O–H groups in total. The normalized spacial score (nSPS) is 11.0. The molecular weight excluding hydrogens is 287 g/mol.